The average Bonchev–Trinajstić information content (AvgIpc) is 3.39. The van der Waals surface area contributed by atoms with E-state index in [-0.39, 0.29) is 17.5 Å². The molecule has 0 spiro atoms. The number of hydrogen-bond acceptors (Lipinski definition) is 6. The second-order valence-corrected chi connectivity index (χ2v) is 10.0. The summed E-state index contributed by atoms with van der Waals surface area (Å²) in [7, 11) is 0. The summed E-state index contributed by atoms with van der Waals surface area (Å²) >= 11 is 0. The van der Waals surface area contributed by atoms with Gasteiger partial charge in [-0.15, -0.1) is 10.2 Å². The molecular weight excluding hydrogens is 452 g/mol. The monoisotopic (exact) mass is 480 g/mol. The predicted molar refractivity (Wildman–Crippen MR) is 138 cm³/mol. The van der Waals surface area contributed by atoms with Crippen LogP contribution in [0.5, 0.6) is 0 Å². The van der Waals surface area contributed by atoms with Crippen LogP contribution in [0.2, 0.25) is 0 Å². The quantitative estimate of drug-likeness (QED) is 0.346. The number of pyridine rings is 1. The lowest BCUT2D eigenvalue weighted by Crippen LogP contribution is -2.20. The maximum atomic E-state index is 13.7. The topological polar surface area (TPSA) is 96.3 Å². The van der Waals surface area contributed by atoms with E-state index in [1.54, 1.807) is 18.7 Å². The van der Waals surface area contributed by atoms with Crippen LogP contribution in [0, 0.1) is 0 Å². The Morgan fingerprint density at radius 3 is 2.58 bits per heavy atom. The number of hydrogen-bond donors (Lipinski definition) is 0. The van der Waals surface area contributed by atoms with E-state index in [1.807, 2.05) is 39.7 Å². The number of aromatic nitrogens is 8. The first-order valence-corrected chi connectivity index (χ1v) is 12.4. The molecule has 4 heterocycles. The van der Waals surface area contributed by atoms with Gasteiger partial charge in [0.1, 0.15) is 24.2 Å². The van der Waals surface area contributed by atoms with E-state index in [0.29, 0.717) is 34.2 Å². The summed E-state index contributed by atoms with van der Waals surface area (Å²) in [5, 5.41) is 8.82. The molecule has 0 amide bonds. The highest BCUT2D eigenvalue weighted by atomic mass is 16.1. The molecule has 0 saturated heterocycles. The molecule has 9 heteroatoms. The fourth-order valence-corrected chi connectivity index (χ4v) is 4.57. The van der Waals surface area contributed by atoms with Crippen LogP contribution in [-0.2, 0) is 0 Å². The summed E-state index contributed by atoms with van der Waals surface area (Å²) in [5.74, 6) is 1.97. The Labute approximate surface area is 208 Å². The first kappa shape index (κ1) is 22.3. The minimum atomic E-state index is -0.172. The molecule has 0 N–H and O–H groups in total. The Bertz CT molecular complexity index is 1640. The third-order valence-electron chi connectivity index (χ3n) is 6.74. The number of rotatable bonds is 6. The van der Waals surface area contributed by atoms with Gasteiger partial charge in [0.05, 0.1) is 28.6 Å². The molecule has 0 bridgehead atoms. The first-order chi connectivity index (χ1) is 17.4. The largest absolute Gasteiger partial charge is 0.310 e. The van der Waals surface area contributed by atoms with Crippen LogP contribution < -0.4 is 5.56 Å². The van der Waals surface area contributed by atoms with Crippen LogP contribution in [0.15, 0.2) is 60.3 Å². The van der Waals surface area contributed by atoms with Gasteiger partial charge in [0, 0.05) is 18.2 Å². The lowest BCUT2D eigenvalue weighted by Gasteiger charge is -2.15. The van der Waals surface area contributed by atoms with E-state index in [9.17, 15) is 4.79 Å². The van der Waals surface area contributed by atoms with Crippen molar-refractivity contribution in [3.05, 3.63) is 77.1 Å². The van der Waals surface area contributed by atoms with Crippen molar-refractivity contribution in [1.29, 1.82) is 0 Å². The normalized spacial score (nSPS) is 13.8. The number of benzene rings is 1. The molecule has 5 aromatic rings. The van der Waals surface area contributed by atoms with Gasteiger partial charge < -0.3 is 9.13 Å². The molecule has 0 atom stereocenters. The summed E-state index contributed by atoms with van der Waals surface area (Å²) in [6.07, 6.45) is 9.58. The highest BCUT2D eigenvalue weighted by Crippen LogP contribution is 2.39. The summed E-state index contributed by atoms with van der Waals surface area (Å²) in [4.78, 5) is 27.7. The van der Waals surface area contributed by atoms with Crippen LogP contribution in [0.4, 0.5) is 0 Å². The van der Waals surface area contributed by atoms with Gasteiger partial charge in [-0.1, -0.05) is 19.9 Å². The second kappa shape index (κ2) is 8.51. The molecule has 0 radical (unpaired) electrons. The molecule has 9 nitrogen and oxygen atoms in total. The van der Waals surface area contributed by atoms with Crippen LogP contribution in [0.1, 0.15) is 69.7 Å². The Morgan fingerprint density at radius 1 is 1.00 bits per heavy atom. The van der Waals surface area contributed by atoms with E-state index >= 15 is 0 Å². The molecule has 1 fully saturated rings. The standard InChI is InChI=1S/C27H28N8O/c1-16(2)19-10-22-20(11-24(19)33-12-23(28-13-33)18-8-9-18)27(36)35(14-29-22)25-7-5-6-21(31-25)26-32-30-15-34(26)17(3)4/h5-7,10-18H,8-9H2,1-4H3. The van der Waals surface area contributed by atoms with Crippen molar-refractivity contribution in [2.75, 3.05) is 0 Å². The van der Waals surface area contributed by atoms with Gasteiger partial charge in [-0.05, 0) is 62.4 Å². The van der Waals surface area contributed by atoms with Crippen molar-refractivity contribution in [3.63, 3.8) is 0 Å². The molecule has 1 aliphatic rings. The van der Waals surface area contributed by atoms with Crippen molar-refractivity contribution in [2.24, 2.45) is 0 Å². The third kappa shape index (κ3) is 3.80. The summed E-state index contributed by atoms with van der Waals surface area (Å²) < 4.78 is 5.48. The van der Waals surface area contributed by atoms with E-state index in [1.165, 1.54) is 17.4 Å². The van der Waals surface area contributed by atoms with Crippen LogP contribution in [0.3, 0.4) is 0 Å². The van der Waals surface area contributed by atoms with Crippen molar-refractivity contribution < 1.29 is 0 Å². The minimum Gasteiger partial charge on any atom is -0.310 e. The Hall–Kier alpha value is -4.14. The molecule has 0 unspecified atom stereocenters. The van der Waals surface area contributed by atoms with Crippen LogP contribution >= 0.6 is 0 Å². The van der Waals surface area contributed by atoms with Gasteiger partial charge in [-0.2, -0.15) is 0 Å². The maximum absolute atomic E-state index is 13.7. The van der Waals surface area contributed by atoms with Crippen molar-refractivity contribution >= 4 is 10.9 Å². The lowest BCUT2D eigenvalue weighted by molar-refractivity contribution is 0.603. The van der Waals surface area contributed by atoms with Gasteiger partial charge >= 0.3 is 0 Å². The van der Waals surface area contributed by atoms with Gasteiger partial charge in [0.2, 0.25) is 0 Å². The Balaban J connectivity index is 1.48. The molecular formula is C27H28N8O. The summed E-state index contributed by atoms with van der Waals surface area (Å²) in [6, 6.07) is 9.68. The minimum absolute atomic E-state index is 0.172. The lowest BCUT2D eigenvalue weighted by atomic mass is 9.99. The highest BCUT2D eigenvalue weighted by molar-refractivity contribution is 5.82. The zero-order chi connectivity index (χ0) is 25.0. The van der Waals surface area contributed by atoms with E-state index < -0.39 is 0 Å². The van der Waals surface area contributed by atoms with Crippen molar-refractivity contribution in [2.45, 2.75) is 58.4 Å². The molecule has 1 aromatic carbocycles. The maximum Gasteiger partial charge on any atom is 0.267 e. The van der Waals surface area contributed by atoms with Crippen LogP contribution in [0.25, 0.3) is 33.9 Å². The molecule has 182 valence electrons. The SMILES string of the molecule is CC(C)c1cc2ncn(-c3cccc(-c4nncn4C(C)C)n3)c(=O)c2cc1-n1cnc(C2CC2)c1. The molecule has 1 saturated carbocycles. The number of imidazole rings is 1. The number of fused-ring (bicyclic) bond motifs is 1. The predicted octanol–water partition coefficient (Wildman–Crippen LogP) is 4.81. The smallest absolute Gasteiger partial charge is 0.267 e. The second-order valence-electron chi connectivity index (χ2n) is 10.0. The van der Waals surface area contributed by atoms with Gasteiger partial charge in [0.25, 0.3) is 5.56 Å². The molecule has 36 heavy (non-hydrogen) atoms. The summed E-state index contributed by atoms with van der Waals surface area (Å²) in [6.45, 7) is 8.42. The van der Waals surface area contributed by atoms with Gasteiger partial charge in [-0.25, -0.2) is 15.0 Å². The van der Waals surface area contributed by atoms with Crippen LogP contribution in [-0.4, -0.2) is 38.9 Å². The average molecular weight is 481 g/mol. The van der Waals surface area contributed by atoms with E-state index in [0.717, 1.165) is 16.9 Å². The molecule has 1 aliphatic carbocycles. The van der Waals surface area contributed by atoms with E-state index in [4.69, 9.17) is 4.98 Å². The van der Waals surface area contributed by atoms with Crippen molar-refractivity contribution in [1.82, 2.24) is 38.9 Å². The third-order valence-corrected chi connectivity index (χ3v) is 6.74. The first-order valence-electron chi connectivity index (χ1n) is 12.4. The highest BCUT2D eigenvalue weighted by Gasteiger charge is 2.26. The summed E-state index contributed by atoms with van der Waals surface area (Å²) in [5.41, 5.74) is 4.34. The molecule has 6 rings (SSSR count). The zero-order valence-corrected chi connectivity index (χ0v) is 20.8. The Morgan fingerprint density at radius 2 is 1.83 bits per heavy atom. The van der Waals surface area contributed by atoms with Crippen molar-refractivity contribution in [3.8, 4) is 23.0 Å². The van der Waals surface area contributed by atoms with E-state index in [2.05, 4.69) is 54.1 Å². The fraction of sp³-hybridized carbons (Fsp3) is 0.333. The zero-order valence-electron chi connectivity index (χ0n) is 20.8. The Kier molecular flexibility index (Phi) is 5.28. The molecule has 0 aliphatic heterocycles. The fourth-order valence-electron chi connectivity index (χ4n) is 4.57. The van der Waals surface area contributed by atoms with Gasteiger partial charge in [0.15, 0.2) is 5.82 Å². The molecule has 4 aromatic heterocycles. The van der Waals surface area contributed by atoms with Gasteiger partial charge in [-0.3, -0.25) is 9.36 Å². The number of nitrogens with zero attached hydrogens (tertiary/aromatic N) is 8.